The van der Waals surface area contributed by atoms with Gasteiger partial charge in [0.05, 0.1) is 7.11 Å². The highest BCUT2D eigenvalue weighted by Crippen LogP contribution is 2.26. The average Bonchev–Trinajstić information content (AvgIpc) is 3.40. The Labute approximate surface area is 160 Å². The SMILES string of the molecule is COc1cccc(Oc2ccc(C(=O)N3CCC(N4CCCC4)C3)cc2)c1. The summed E-state index contributed by atoms with van der Waals surface area (Å²) in [6.45, 7) is 4.06. The zero-order valence-corrected chi connectivity index (χ0v) is 15.8. The Bertz CT molecular complexity index is 784. The molecule has 2 aliphatic heterocycles. The molecule has 1 atom stereocenters. The first-order chi connectivity index (χ1) is 13.2. The van der Waals surface area contributed by atoms with Crippen LogP contribution in [0.3, 0.4) is 0 Å². The van der Waals surface area contributed by atoms with Crippen LogP contribution in [0.2, 0.25) is 0 Å². The number of rotatable bonds is 5. The fraction of sp³-hybridized carbons (Fsp3) is 0.409. The summed E-state index contributed by atoms with van der Waals surface area (Å²) in [6, 6.07) is 15.4. The molecule has 5 heteroatoms. The maximum absolute atomic E-state index is 12.8. The van der Waals surface area contributed by atoms with Gasteiger partial charge in [0.2, 0.25) is 0 Å². The molecule has 2 heterocycles. The Morgan fingerprint density at radius 2 is 1.70 bits per heavy atom. The summed E-state index contributed by atoms with van der Waals surface area (Å²) in [5, 5.41) is 0. The van der Waals surface area contributed by atoms with Crippen LogP contribution in [0.15, 0.2) is 48.5 Å². The van der Waals surface area contributed by atoms with E-state index in [1.54, 1.807) is 7.11 Å². The van der Waals surface area contributed by atoms with Crippen molar-refractivity contribution in [1.29, 1.82) is 0 Å². The molecule has 5 nitrogen and oxygen atoms in total. The Kier molecular flexibility index (Phi) is 5.30. The largest absolute Gasteiger partial charge is 0.497 e. The third-order valence-corrected chi connectivity index (χ3v) is 5.49. The summed E-state index contributed by atoms with van der Waals surface area (Å²) >= 11 is 0. The van der Waals surface area contributed by atoms with Gasteiger partial charge in [-0.3, -0.25) is 9.69 Å². The number of ether oxygens (including phenoxy) is 2. The zero-order chi connectivity index (χ0) is 18.6. The zero-order valence-electron chi connectivity index (χ0n) is 15.8. The second kappa shape index (κ2) is 8.01. The first-order valence-corrected chi connectivity index (χ1v) is 9.68. The number of carbonyl (C=O) groups is 1. The van der Waals surface area contributed by atoms with Crippen LogP contribution in [0.25, 0.3) is 0 Å². The van der Waals surface area contributed by atoms with Gasteiger partial charge in [-0.25, -0.2) is 0 Å². The van der Waals surface area contributed by atoms with Gasteiger partial charge >= 0.3 is 0 Å². The Balaban J connectivity index is 1.37. The number of hydrogen-bond donors (Lipinski definition) is 0. The minimum atomic E-state index is 0.115. The van der Waals surface area contributed by atoms with Gasteiger partial charge in [0.1, 0.15) is 17.2 Å². The van der Waals surface area contributed by atoms with Crippen molar-refractivity contribution in [3.8, 4) is 17.2 Å². The number of amides is 1. The fourth-order valence-corrected chi connectivity index (χ4v) is 3.98. The van der Waals surface area contributed by atoms with Gasteiger partial charge in [0, 0.05) is 30.8 Å². The molecule has 0 radical (unpaired) electrons. The van der Waals surface area contributed by atoms with Gasteiger partial charge < -0.3 is 14.4 Å². The number of hydrogen-bond acceptors (Lipinski definition) is 4. The molecule has 2 aromatic rings. The van der Waals surface area contributed by atoms with Crippen LogP contribution in [-0.4, -0.2) is 55.0 Å². The molecule has 1 amide bonds. The van der Waals surface area contributed by atoms with E-state index in [1.165, 1.54) is 25.9 Å². The number of nitrogens with zero attached hydrogens (tertiary/aromatic N) is 2. The van der Waals surface area contributed by atoms with E-state index in [-0.39, 0.29) is 5.91 Å². The predicted octanol–water partition coefficient (Wildman–Crippen LogP) is 3.80. The molecule has 2 fully saturated rings. The average molecular weight is 366 g/mol. The lowest BCUT2D eigenvalue weighted by Gasteiger charge is -2.23. The van der Waals surface area contributed by atoms with Crippen molar-refractivity contribution in [2.75, 3.05) is 33.3 Å². The van der Waals surface area contributed by atoms with E-state index < -0.39 is 0 Å². The summed E-state index contributed by atoms with van der Waals surface area (Å²) in [5.74, 6) is 2.28. The summed E-state index contributed by atoms with van der Waals surface area (Å²) in [6.07, 6.45) is 3.67. The van der Waals surface area contributed by atoms with Crippen molar-refractivity contribution in [3.05, 3.63) is 54.1 Å². The van der Waals surface area contributed by atoms with Crippen LogP contribution < -0.4 is 9.47 Å². The second-order valence-corrected chi connectivity index (χ2v) is 7.24. The van der Waals surface area contributed by atoms with E-state index in [0.717, 1.165) is 30.8 Å². The van der Waals surface area contributed by atoms with Gasteiger partial charge in [-0.2, -0.15) is 0 Å². The van der Waals surface area contributed by atoms with Crippen LogP contribution >= 0.6 is 0 Å². The van der Waals surface area contributed by atoms with Crippen molar-refractivity contribution in [2.24, 2.45) is 0 Å². The van der Waals surface area contributed by atoms with Crippen molar-refractivity contribution in [1.82, 2.24) is 9.80 Å². The molecule has 0 bridgehead atoms. The monoisotopic (exact) mass is 366 g/mol. The van der Waals surface area contributed by atoms with Gasteiger partial charge in [0.15, 0.2) is 0 Å². The highest BCUT2D eigenvalue weighted by molar-refractivity contribution is 5.94. The van der Waals surface area contributed by atoms with Crippen LogP contribution in [0.1, 0.15) is 29.6 Å². The Morgan fingerprint density at radius 1 is 0.963 bits per heavy atom. The summed E-state index contributed by atoms with van der Waals surface area (Å²) in [5.41, 5.74) is 0.718. The second-order valence-electron chi connectivity index (χ2n) is 7.24. The van der Waals surface area contributed by atoms with Crippen molar-refractivity contribution < 1.29 is 14.3 Å². The van der Waals surface area contributed by atoms with E-state index in [0.29, 0.717) is 17.5 Å². The van der Waals surface area contributed by atoms with Gasteiger partial charge in [-0.05, 0) is 68.8 Å². The Hall–Kier alpha value is -2.53. The van der Waals surface area contributed by atoms with Gasteiger partial charge in [0.25, 0.3) is 5.91 Å². The smallest absolute Gasteiger partial charge is 0.253 e. The number of carbonyl (C=O) groups excluding carboxylic acids is 1. The lowest BCUT2D eigenvalue weighted by atomic mass is 10.2. The van der Waals surface area contributed by atoms with Crippen LogP contribution in [0.4, 0.5) is 0 Å². The molecular formula is C22H26N2O3. The quantitative estimate of drug-likeness (QED) is 0.807. The van der Waals surface area contributed by atoms with E-state index >= 15 is 0 Å². The van der Waals surface area contributed by atoms with Gasteiger partial charge in [-0.1, -0.05) is 6.07 Å². The normalized spacial score (nSPS) is 20.0. The molecule has 4 rings (SSSR count). The lowest BCUT2D eigenvalue weighted by Crippen LogP contribution is -2.37. The maximum Gasteiger partial charge on any atom is 0.253 e. The summed E-state index contributed by atoms with van der Waals surface area (Å²) in [7, 11) is 1.63. The molecule has 1 unspecified atom stereocenters. The molecule has 142 valence electrons. The van der Waals surface area contributed by atoms with E-state index in [1.807, 2.05) is 53.4 Å². The molecule has 0 aliphatic carbocycles. The maximum atomic E-state index is 12.8. The van der Waals surface area contributed by atoms with E-state index in [9.17, 15) is 4.79 Å². The minimum absolute atomic E-state index is 0.115. The minimum Gasteiger partial charge on any atom is -0.497 e. The summed E-state index contributed by atoms with van der Waals surface area (Å²) in [4.78, 5) is 17.3. The highest BCUT2D eigenvalue weighted by atomic mass is 16.5. The Morgan fingerprint density at radius 3 is 2.44 bits per heavy atom. The third-order valence-electron chi connectivity index (χ3n) is 5.49. The molecule has 27 heavy (non-hydrogen) atoms. The fourth-order valence-electron chi connectivity index (χ4n) is 3.98. The molecule has 2 aromatic carbocycles. The highest BCUT2D eigenvalue weighted by Gasteiger charge is 2.31. The molecule has 2 saturated heterocycles. The van der Waals surface area contributed by atoms with E-state index in [2.05, 4.69) is 4.90 Å². The van der Waals surface area contributed by atoms with Crippen molar-refractivity contribution in [3.63, 3.8) is 0 Å². The molecule has 0 spiro atoms. The summed E-state index contributed by atoms with van der Waals surface area (Å²) < 4.78 is 11.1. The van der Waals surface area contributed by atoms with Gasteiger partial charge in [-0.15, -0.1) is 0 Å². The van der Waals surface area contributed by atoms with Crippen LogP contribution in [-0.2, 0) is 0 Å². The molecule has 0 N–H and O–H groups in total. The molecular weight excluding hydrogens is 340 g/mol. The van der Waals surface area contributed by atoms with Crippen LogP contribution in [0, 0.1) is 0 Å². The van der Waals surface area contributed by atoms with Crippen molar-refractivity contribution >= 4 is 5.91 Å². The standard InChI is InChI=1S/C22H26N2O3/c1-26-20-5-4-6-21(15-20)27-19-9-7-17(8-10-19)22(25)24-14-11-18(16-24)23-12-2-3-13-23/h4-10,15,18H,2-3,11-14,16H2,1H3. The van der Waals surface area contributed by atoms with E-state index in [4.69, 9.17) is 9.47 Å². The molecule has 2 aliphatic rings. The lowest BCUT2D eigenvalue weighted by molar-refractivity contribution is 0.0780. The first kappa shape index (κ1) is 17.9. The number of benzene rings is 2. The topological polar surface area (TPSA) is 42.0 Å². The third kappa shape index (κ3) is 4.08. The van der Waals surface area contributed by atoms with Crippen LogP contribution in [0.5, 0.6) is 17.2 Å². The predicted molar refractivity (Wildman–Crippen MR) is 105 cm³/mol. The number of methoxy groups -OCH3 is 1. The van der Waals surface area contributed by atoms with Crippen molar-refractivity contribution in [2.45, 2.75) is 25.3 Å². The molecule has 0 saturated carbocycles. The first-order valence-electron chi connectivity index (χ1n) is 9.68. The number of likely N-dealkylation sites (tertiary alicyclic amines) is 2. The molecule has 0 aromatic heterocycles.